The number of aliphatic hydroxyl groups excluding tert-OH is 1. The Kier molecular flexibility index (Phi) is 7.62. The Morgan fingerprint density at radius 1 is 1.29 bits per heavy atom. The van der Waals surface area contributed by atoms with E-state index in [4.69, 9.17) is 19.3 Å². The van der Waals surface area contributed by atoms with Crippen LogP contribution in [0.2, 0.25) is 0 Å². The summed E-state index contributed by atoms with van der Waals surface area (Å²) >= 11 is 1.63. The molecule has 1 aliphatic heterocycles. The summed E-state index contributed by atoms with van der Waals surface area (Å²) < 4.78 is 16.7. The lowest BCUT2D eigenvalue weighted by molar-refractivity contribution is -0.150. The highest BCUT2D eigenvalue weighted by Gasteiger charge is 2.28. The van der Waals surface area contributed by atoms with Gasteiger partial charge in [-0.1, -0.05) is 24.3 Å². The second-order valence-electron chi connectivity index (χ2n) is 6.51. The number of aliphatic hydroxyl groups is 1. The lowest BCUT2D eigenvalue weighted by Gasteiger charge is -2.29. The molecule has 1 aliphatic rings. The van der Waals surface area contributed by atoms with Crippen molar-refractivity contribution in [1.29, 1.82) is 0 Å². The lowest BCUT2D eigenvalue weighted by Crippen LogP contribution is -2.34. The first kappa shape index (κ1) is 20.5. The predicted octanol–water partition coefficient (Wildman–Crippen LogP) is 2.93. The van der Waals surface area contributed by atoms with Gasteiger partial charge in [0.25, 0.3) is 5.91 Å². The summed E-state index contributed by atoms with van der Waals surface area (Å²) in [6.07, 6.45) is 1.98. The maximum atomic E-state index is 12.4. The molecule has 3 rings (SSSR count). The highest BCUT2D eigenvalue weighted by atomic mass is 32.1. The first-order chi connectivity index (χ1) is 13.7. The van der Waals surface area contributed by atoms with Gasteiger partial charge in [0.15, 0.2) is 5.76 Å². The third-order valence-corrected chi connectivity index (χ3v) is 5.19. The molecular formula is C21H25NO5S. The minimum absolute atomic E-state index is 0.0154. The van der Waals surface area contributed by atoms with Crippen LogP contribution in [0.15, 0.2) is 52.9 Å². The molecule has 1 amide bonds. The minimum atomic E-state index is -0.518. The van der Waals surface area contributed by atoms with Crippen LogP contribution in [0.25, 0.3) is 0 Å². The highest BCUT2D eigenvalue weighted by Crippen LogP contribution is 2.32. The molecule has 0 aliphatic carbocycles. The third kappa shape index (κ3) is 5.65. The molecule has 7 heteroatoms. The average Bonchev–Trinajstić information content (AvgIpc) is 3.27. The van der Waals surface area contributed by atoms with E-state index in [-0.39, 0.29) is 24.2 Å². The van der Waals surface area contributed by atoms with Crippen molar-refractivity contribution in [3.8, 4) is 0 Å². The molecule has 0 bridgehead atoms. The van der Waals surface area contributed by atoms with Gasteiger partial charge in [0.2, 0.25) is 6.29 Å². The maximum absolute atomic E-state index is 12.4. The number of thiophene rings is 1. The first-order valence-electron chi connectivity index (χ1n) is 9.17. The average molecular weight is 404 g/mol. The van der Waals surface area contributed by atoms with Gasteiger partial charge in [0.05, 0.1) is 19.8 Å². The fourth-order valence-electron chi connectivity index (χ4n) is 2.92. The molecule has 2 unspecified atom stereocenters. The van der Waals surface area contributed by atoms with E-state index in [9.17, 15) is 4.79 Å². The van der Waals surface area contributed by atoms with E-state index in [1.54, 1.807) is 18.4 Å². The summed E-state index contributed by atoms with van der Waals surface area (Å²) in [7, 11) is 1.59. The smallest absolute Gasteiger partial charge is 0.286 e. The van der Waals surface area contributed by atoms with Crippen LogP contribution in [-0.4, -0.2) is 37.6 Å². The molecule has 0 saturated heterocycles. The number of hydrogen-bond donors (Lipinski definition) is 2. The summed E-state index contributed by atoms with van der Waals surface area (Å²) in [5.41, 5.74) is 2.98. The fourth-order valence-corrected chi connectivity index (χ4v) is 3.65. The van der Waals surface area contributed by atoms with Gasteiger partial charge in [-0.25, -0.2) is 0 Å². The molecule has 2 N–H and O–H groups in total. The number of carbonyl (C=O) groups is 1. The molecule has 2 heterocycles. The monoisotopic (exact) mass is 403 g/mol. The van der Waals surface area contributed by atoms with Gasteiger partial charge in [0.1, 0.15) is 0 Å². The Morgan fingerprint density at radius 2 is 2.07 bits per heavy atom. The topological polar surface area (TPSA) is 77.0 Å². The van der Waals surface area contributed by atoms with Crippen molar-refractivity contribution in [1.82, 2.24) is 5.32 Å². The van der Waals surface area contributed by atoms with Crippen molar-refractivity contribution in [2.75, 3.05) is 20.3 Å². The van der Waals surface area contributed by atoms with Gasteiger partial charge < -0.3 is 24.6 Å². The zero-order chi connectivity index (χ0) is 19.8. The normalized spacial score (nSPS) is 19.0. The molecule has 0 saturated carbocycles. The van der Waals surface area contributed by atoms with Gasteiger partial charge in [-0.3, -0.25) is 4.79 Å². The molecule has 2 aromatic rings. The number of amides is 1. The molecule has 0 spiro atoms. The molecule has 150 valence electrons. The highest BCUT2D eigenvalue weighted by molar-refractivity contribution is 7.08. The number of nitrogens with one attached hydrogen (secondary N) is 1. The molecule has 2 atom stereocenters. The standard InChI is InChI=1S/C21H25NO5S/c1-25-8-7-22-21(24)19-10-18(17-6-9-28-14-17)11-20(27-19)26-13-16-4-2-15(12-23)3-5-16/h2-6,9-10,14,18,20,23H,7-8,11-13H2,1H3,(H,22,24). The Morgan fingerprint density at radius 3 is 2.75 bits per heavy atom. The van der Waals surface area contributed by atoms with Crippen molar-refractivity contribution in [3.05, 3.63) is 69.6 Å². The van der Waals surface area contributed by atoms with Crippen molar-refractivity contribution < 1.29 is 24.1 Å². The van der Waals surface area contributed by atoms with Crippen LogP contribution >= 0.6 is 11.3 Å². The Labute approximate surface area is 168 Å². The van der Waals surface area contributed by atoms with Crippen LogP contribution in [0.1, 0.15) is 29.0 Å². The lowest BCUT2D eigenvalue weighted by atomic mass is 9.95. The van der Waals surface area contributed by atoms with E-state index in [0.29, 0.717) is 26.2 Å². The predicted molar refractivity (Wildman–Crippen MR) is 107 cm³/mol. The second kappa shape index (κ2) is 10.4. The van der Waals surface area contributed by atoms with Crippen LogP contribution in [-0.2, 0) is 32.2 Å². The van der Waals surface area contributed by atoms with Crippen LogP contribution in [0, 0.1) is 0 Å². The van der Waals surface area contributed by atoms with E-state index in [2.05, 4.69) is 16.8 Å². The third-order valence-electron chi connectivity index (χ3n) is 4.49. The van der Waals surface area contributed by atoms with Crippen molar-refractivity contribution in [2.24, 2.45) is 0 Å². The van der Waals surface area contributed by atoms with Crippen LogP contribution in [0.4, 0.5) is 0 Å². The largest absolute Gasteiger partial charge is 0.459 e. The Hall–Kier alpha value is -2.19. The zero-order valence-corrected chi connectivity index (χ0v) is 16.6. The number of hydrogen-bond acceptors (Lipinski definition) is 6. The van der Waals surface area contributed by atoms with E-state index >= 15 is 0 Å². The minimum Gasteiger partial charge on any atom is -0.459 e. The van der Waals surface area contributed by atoms with Gasteiger partial charge in [-0.05, 0) is 39.6 Å². The number of benzene rings is 1. The van der Waals surface area contributed by atoms with Crippen molar-refractivity contribution in [3.63, 3.8) is 0 Å². The number of ether oxygens (including phenoxy) is 3. The molecule has 0 radical (unpaired) electrons. The Balaban J connectivity index is 1.65. The molecule has 1 aromatic carbocycles. The summed E-state index contributed by atoms with van der Waals surface area (Å²) in [6, 6.07) is 9.62. The molecule has 0 fully saturated rings. The van der Waals surface area contributed by atoms with Crippen molar-refractivity contribution in [2.45, 2.75) is 31.8 Å². The molecule has 28 heavy (non-hydrogen) atoms. The maximum Gasteiger partial charge on any atom is 0.286 e. The summed E-state index contributed by atoms with van der Waals surface area (Å²) in [6.45, 7) is 1.24. The van der Waals surface area contributed by atoms with Crippen LogP contribution in [0.3, 0.4) is 0 Å². The van der Waals surface area contributed by atoms with E-state index < -0.39 is 6.29 Å². The van der Waals surface area contributed by atoms with Crippen LogP contribution in [0.5, 0.6) is 0 Å². The molecule has 1 aromatic heterocycles. The van der Waals surface area contributed by atoms with Crippen LogP contribution < -0.4 is 5.32 Å². The summed E-state index contributed by atoms with van der Waals surface area (Å²) in [5, 5.41) is 16.0. The number of methoxy groups -OCH3 is 1. The molecular weight excluding hydrogens is 378 g/mol. The van der Waals surface area contributed by atoms with E-state index in [1.165, 1.54) is 0 Å². The second-order valence-corrected chi connectivity index (χ2v) is 7.29. The van der Waals surface area contributed by atoms with Gasteiger partial charge in [-0.15, -0.1) is 0 Å². The summed E-state index contributed by atoms with van der Waals surface area (Å²) in [4.78, 5) is 12.4. The fraction of sp³-hybridized carbons (Fsp3) is 0.381. The van der Waals surface area contributed by atoms with E-state index in [1.807, 2.05) is 35.7 Å². The van der Waals surface area contributed by atoms with E-state index in [0.717, 1.165) is 16.7 Å². The SMILES string of the molecule is COCCNC(=O)C1=CC(c2ccsc2)CC(OCc2ccc(CO)cc2)O1. The molecule has 6 nitrogen and oxygen atoms in total. The summed E-state index contributed by atoms with van der Waals surface area (Å²) in [5.74, 6) is 0.0713. The first-order valence-corrected chi connectivity index (χ1v) is 10.1. The Bertz CT molecular complexity index is 773. The number of rotatable bonds is 9. The van der Waals surface area contributed by atoms with Gasteiger partial charge in [0, 0.05) is 26.0 Å². The van der Waals surface area contributed by atoms with Gasteiger partial charge in [-0.2, -0.15) is 11.3 Å². The van der Waals surface area contributed by atoms with Crippen molar-refractivity contribution >= 4 is 17.2 Å². The zero-order valence-electron chi connectivity index (χ0n) is 15.8. The quantitative estimate of drug-likeness (QED) is 0.630. The van der Waals surface area contributed by atoms with Gasteiger partial charge >= 0.3 is 0 Å². The number of allylic oxidation sites excluding steroid dienone is 1. The number of carbonyl (C=O) groups excluding carboxylic acids is 1.